The molecule has 2 heterocycles. The number of hydrogen-bond donors (Lipinski definition) is 1. The van der Waals surface area contributed by atoms with E-state index < -0.39 is 0 Å². The molecule has 0 aliphatic carbocycles. The number of nitrogens with one attached hydrogen (secondary N) is 1. The molecule has 0 saturated carbocycles. The summed E-state index contributed by atoms with van der Waals surface area (Å²) in [6.07, 6.45) is 1.28. The number of amides is 1. The fourth-order valence-electron chi connectivity index (χ4n) is 1.64. The monoisotopic (exact) mass is 197 g/mol. The number of carbonyl (C=O) groups excluding carboxylic acids is 1. The van der Waals surface area contributed by atoms with Gasteiger partial charge in [-0.15, -0.1) is 0 Å². The van der Waals surface area contributed by atoms with Crippen molar-refractivity contribution in [3.05, 3.63) is 36.0 Å². The SMILES string of the molecule is O=C1N=CN=C1c1cc2ccccc2[nH]1. The number of nitrogens with zero attached hydrogens (tertiary/aromatic N) is 2. The molecule has 0 unspecified atom stereocenters. The Morgan fingerprint density at radius 3 is 2.80 bits per heavy atom. The smallest absolute Gasteiger partial charge is 0.299 e. The van der Waals surface area contributed by atoms with Crippen LogP contribution in [0.3, 0.4) is 0 Å². The van der Waals surface area contributed by atoms with Gasteiger partial charge >= 0.3 is 0 Å². The average Bonchev–Trinajstić information content (AvgIpc) is 2.82. The van der Waals surface area contributed by atoms with Crippen LogP contribution in [0, 0.1) is 0 Å². The van der Waals surface area contributed by atoms with Crippen LogP contribution >= 0.6 is 0 Å². The molecule has 72 valence electrons. The minimum absolute atomic E-state index is 0.290. The number of benzene rings is 1. The van der Waals surface area contributed by atoms with Gasteiger partial charge in [-0.25, -0.2) is 4.99 Å². The zero-order chi connectivity index (χ0) is 10.3. The Morgan fingerprint density at radius 2 is 2.07 bits per heavy atom. The summed E-state index contributed by atoms with van der Waals surface area (Å²) >= 11 is 0. The first kappa shape index (κ1) is 8.11. The van der Waals surface area contributed by atoms with Crippen molar-refractivity contribution in [3.8, 4) is 0 Å². The molecule has 0 radical (unpaired) electrons. The Morgan fingerprint density at radius 1 is 1.20 bits per heavy atom. The van der Waals surface area contributed by atoms with Gasteiger partial charge in [0, 0.05) is 10.9 Å². The van der Waals surface area contributed by atoms with E-state index in [0.29, 0.717) is 5.71 Å². The van der Waals surface area contributed by atoms with Gasteiger partial charge < -0.3 is 4.98 Å². The van der Waals surface area contributed by atoms with E-state index in [1.807, 2.05) is 30.3 Å². The van der Waals surface area contributed by atoms with Crippen LogP contribution in [0.25, 0.3) is 10.9 Å². The Bertz CT molecular complexity index is 574. The van der Waals surface area contributed by atoms with Crippen LogP contribution in [-0.4, -0.2) is 22.9 Å². The maximum atomic E-state index is 11.3. The van der Waals surface area contributed by atoms with E-state index in [9.17, 15) is 4.79 Å². The van der Waals surface area contributed by atoms with Gasteiger partial charge in [-0.05, 0) is 12.1 Å². The van der Waals surface area contributed by atoms with Gasteiger partial charge in [0.15, 0.2) is 5.71 Å². The molecule has 1 aromatic heterocycles. The summed E-state index contributed by atoms with van der Waals surface area (Å²) in [7, 11) is 0. The van der Waals surface area contributed by atoms with Gasteiger partial charge in [0.1, 0.15) is 6.34 Å². The third kappa shape index (κ3) is 1.19. The van der Waals surface area contributed by atoms with E-state index in [-0.39, 0.29) is 5.91 Å². The molecule has 15 heavy (non-hydrogen) atoms. The first-order valence-corrected chi connectivity index (χ1v) is 4.57. The number of hydrogen-bond acceptors (Lipinski definition) is 2. The molecule has 0 fully saturated rings. The van der Waals surface area contributed by atoms with E-state index in [2.05, 4.69) is 15.0 Å². The molecule has 1 aromatic carbocycles. The zero-order valence-corrected chi connectivity index (χ0v) is 7.77. The van der Waals surface area contributed by atoms with Crippen LogP contribution in [-0.2, 0) is 4.79 Å². The number of carbonyl (C=O) groups is 1. The molecule has 4 nitrogen and oxygen atoms in total. The molecular formula is C11H7N3O. The van der Waals surface area contributed by atoms with E-state index >= 15 is 0 Å². The third-order valence-corrected chi connectivity index (χ3v) is 2.35. The molecule has 1 N–H and O–H groups in total. The summed E-state index contributed by atoms with van der Waals surface area (Å²) in [4.78, 5) is 21.9. The number of fused-ring (bicyclic) bond motifs is 1. The van der Waals surface area contributed by atoms with Gasteiger partial charge in [-0.2, -0.15) is 4.99 Å². The van der Waals surface area contributed by atoms with Crippen molar-refractivity contribution in [2.75, 3.05) is 0 Å². The molecule has 1 aliphatic heterocycles. The Balaban J connectivity index is 2.17. The third-order valence-electron chi connectivity index (χ3n) is 2.35. The highest BCUT2D eigenvalue weighted by Crippen LogP contribution is 2.16. The topological polar surface area (TPSA) is 57.6 Å². The van der Waals surface area contributed by atoms with E-state index in [0.717, 1.165) is 16.6 Å². The van der Waals surface area contributed by atoms with Crippen LogP contribution in [0.5, 0.6) is 0 Å². The predicted octanol–water partition coefficient (Wildman–Crippen LogP) is 1.53. The van der Waals surface area contributed by atoms with E-state index in [1.165, 1.54) is 6.34 Å². The molecule has 0 spiro atoms. The summed E-state index contributed by atoms with van der Waals surface area (Å²) in [6.45, 7) is 0. The molecule has 4 heteroatoms. The Hall–Kier alpha value is -2.23. The van der Waals surface area contributed by atoms with Crippen molar-refractivity contribution in [2.24, 2.45) is 9.98 Å². The van der Waals surface area contributed by atoms with Crippen LogP contribution in [0.2, 0.25) is 0 Å². The first-order valence-electron chi connectivity index (χ1n) is 4.57. The second-order valence-electron chi connectivity index (χ2n) is 3.30. The lowest BCUT2D eigenvalue weighted by Gasteiger charge is -1.90. The molecule has 1 aliphatic rings. The van der Waals surface area contributed by atoms with Crippen LogP contribution in [0.4, 0.5) is 0 Å². The maximum absolute atomic E-state index is 11.3. The van der Waals surface area contributed by atoms with Crippen molar-refractivity contribution in [3.63, 3.8) is 0 Å². The highest BCUT2D eigenvalue weighted by Gasteiger charge is 2.17. The summed E-state index contributed by atoms with van der Waals surface area (Å²) in [5, 5.41) is 1.06. The van der Waals surface area contributed by atoms with Crippen molar-refractivity contribution in [1.29, 1.82) is 0 Å². The summed E-state index contributed by atoms with van der Waals surface area (Å²) < 4.78 is 0. The van der Waals surface area contributed by atoms with Gasteiger partial charge in [0.25, 0.3) is 5.91 Å². The quantitative estimate of drug-likeness (QED) is 0.740. The number of H-pyrrole nitrogens is 1. The Labute approximate surface area is 85.4 Å². The first-order chi connectivity index (χ1) is 7.34. The molecule has 1 amide bonds. The molecule has 2 aromatic rings. The lowest BCUT2D eigenvalue weighted by molar-refractivity contribution is -0.111. The van der Waals surface area contributed by atoms with Gasteiger partial charge in [0.05, 0.1) is 5.69 Å². The normalized spacial score (nSPS) is 14.9. The minimum atomic E-state index is -0.290. The highest BCUT2D eigenvalue weighted by atomic mass is 16.1. The molecule has 0 atom stereocenters. The van der Waals surface area contributed by atoms with Crippen LogP contribution in [0.15, 0.2) is 40.3 Å². The summed E-state index contributed by atoms with van der Waals surface area (Å²) in [5.74, 6) is -0.290. The van der Waals surface area contributed by atoms with Gasteiger partial charge in [-0.3, -0.25) is 4.79 Å². The minimum Gasteiger partial charge on any atom is -0.353 e. The van der Waals surface area contributed by atoms with Gasteiger partial charge in [0.2, 0.25) is 0 Å². The van der Waals surface area contributed by atoms with Crippen molar-refractivity contribution >= 4 is 28.9 Å². The molecule has 0 saturated heterocycles. The fraction of sp³-hybridized carbons (Fsp3) is 0. The maximum Gasteiger partial charge on any atom is 0.299 e. The molecule has 0 bridgehead atoms. The lowest BCUT2D eigenvalue weighted by Crippen LogP contribution is -2.09. The number of aliphatic imine (C=N–C) groups is 2. The van der Waals surface area contributed by atoms with Crippen LogP contribution in [0.1, 0.15) is 5.69 Å². The second kappa shape index (κ2) is 2.88. The van der Waals surface area contributed by atoms with Crippen molar-refractivity contribution in [2.45, 2.75) is 0 Å². The number of aromatic amines is 1. The lowest BCUT2D eigenvalue weighted by atomic mass is 10.2. The fourth-order valence-corrected chi connectivity index (χ4v) is 1.64. The summed E-state index contributed by atoms with van der Waals surface area (Å²) in [5.41, 5.74) is 2.10. The van der Waals surface area contributed by atoms with Crippen molar-refractivity contribution < 1.29 is 4.79 Å². The zero-order valence-electron chi connectivity index (χ0n) is 7.77. The molecular weight excluding hydrogens is 190 g/mol. The van der Waals surface area contributed by atoms with E-state index in [1.54, 1.807) is 0 Å². The van der Waals surface area contributed by atoms with Crippen LogP contribution < -0.4 is 0 Å². The second-order valence-corrected chi connectivity index (χ2v) is 3.30. The van der Waals surface area contributed by atoms with Crippen molar-refractivity contribution in [1.82, 2.24) is 4.98 Å². The average molecular weight is 197 g/mol. The number of aromatic nitrogens is 1. The predicted molar refractivity (Wildman–Crippen MR) is 58.3 cm³/mol. The van der Waals surface area contributed by atoms with E-state index in [4.69, 9.17) is 0 Å². The Kier molecular flexibility index (Phi) is 1.56. The number of rotatable bonds is 1. The number of para-hydroxylation sites is 1. The van der Waals surface area contributed by atoms with Gasteiger partial charge in [-0.1, -0.05) is 18.2 Å². The summed E-state index contributed by atoms with van der Waals surface area (Å²) in [6, 6.07) is 9.74. The standard InChI is InChI=1S/C11H7N3O/c15-11-10(12-6-13-11)9-5-7-3-1-2-4-8(7)14-9/h1-6,14H. The molecule has 3 rings (SSSR count). The largest absolute Gasteiger partial charge is 0.353 e. The highest BCUT2D eigenvalue weighted by molar-refractivity contribution is 6.49.